The number of anilines is 1. The van der Waals surface area contributed by atoms with Crippen molar-refractivity contribution in [3.8, 4) is 6.01 Å². The van der Waals surface area contributed by atoms with Crippen LogP contribution in [0.1, 0.15) is 17.0 Å². The molecule has 0 aliphatic carbocycles. The van der Waals surface area contributed by atoms with Crippen molar-refractivity contribution in [3.63, 3.8) is 0 Å². The van der Waals surface area contributed by atoms with Crippen molar-refractivity contribution in [2.24, 2.45) is 0 Å². The number of benzene rings is 1. The van der Waals surface area contributed by atoms with E-state index in [9.17, 15) is 12.8 Å². The van der Waals surface area contributed by atoms with Gasteiger partial charge in [0.2, 0.25) is 10.0 Å². The van der Waals surface area contributed by atoms with Crippen molar-refractivity contribution in [3.05, 3.63) is 47.0 Å². The van der Waals surface area contributed by atoms with E-state index >= 15 is 0 Å². The zero-order chi connectivity index (χ0) is 16.3. The lowest BCUT2D eigenvalue weighted by Crippen LogP contribution is -2.18. The molecule has 0 saturated carbocycles. The summed E-state index contributed by atoms with van der Waals surface area (Å²) in [6.07, 6.45) is 0. The maximum atomic E-state index is 13.6. The third kappa shape index (κ3) is 3.70. The lowest BCUT2D eigenvalue weighted by Gasteiger charge is -2.13. The smallest absolute Gasteiger partial charge is 0.316 e. The van der Waals surface area contributed by atoms with Gasteiger partial charge in [0.1, 0.15) is 5.82 Å². The van der Waals surface area contributed by atoms with Crippen molar-refractivity contribution in [2.75, 3.05) is 11.8 Å². The second-order valence-electron chi connectivity index (χ2n) is 4.71. The first-order chi connectivity index (χ1) is 10.3. The molecule has 1 aromatic heterocycles. The van der Waals surface area contributed by atoms with Crippen molar-refractivity contribution < 1.29 is 17.5 Å². The number of aryl methyl sites for hydroxylation is 2. The summed E-state index contributed by atoms with van der Waals surface area (Å²) in [7, 11) is -2.36. The molecule has 1 heterocycles. The molecular formula is C14H16FN3O3S. The van der Waals surface area contributed by atoms with E-state index in [4.69, 9.17) is 4.74 Å². The SMILES string of the molecule is COc1nc(C)c(NS(=O)(=O)Cc2ccccc2F)c(C)n1. The Labute approximate surface area is 128 Å². The number of aromatic nitrogens is 2. The van der Waals surface area contributed by atoms with Gasteiger partial charge in [0.05, 0.1) is 29.9 Å². The minimum Gasteiger partial charge on any atom is -0.467 e. The quantitative estimate of drug-likeness (QED) is 0.911. The van der Waals surface area contributed by atoms with E-state index in [-0.39, 0.29) is 17.3 Å². The van der Waals surface area contributed by atoms with Crippen LogP contribution in [0.2, 0.25) is 0 Å². The van der Waals surface area contributed by atoms with Crippen molar-refractivity contribution in [2.45, 2.75) is 19.6 Å². The second kappa shape index (κ2) is 6.27. The van der Waals surface area contributed by atoms with Crippen LogP contribution >= 0.6 is 0 Å². The van der Waals surface area contributed by atoms with E-state index < -0.39 is 21.6 Å². The lowest BCUT2D eigenvalue weighted by atomic mass is 10.2. The molecule has 1 N–H and O–H groups in total. The fourth-order valence-electron chi connectivity index (χ4n) is 1.94. The highest BCUT2D eigenvalue weighted by Crippen LogP contribution is 2.22. The summed E-state index contributed by atoms with van der Waals surface area (Å²) in [6.45, 7) is 3.27. The molecule has 0 aliphatic heterocycles. The zero-order valence-corrected chi connectivity index (χ0v) is 13.2. The number of halogens is 1. The minimum absolute atomic E-state index is 0.0970. The Kier molecular flexibility index (Phi) is 4.60. The third-order valence-corrected chi connectivity index (χ3v) is 4.20. The summed E-state index contributed by atoms with van der Waals surface area (Å²) >= 11 is 0. The highest BCUT2D eigenvalue weighted by molar-refractivity contribution is 7.91. The first-order valence-electron chi connectivity index (χ1n) is 6.45. The highest BCUT2D eigenvalue weighted by atomic mass is 32.2. The molecule has 0 radical (unpaired) electrons. The van der Waals surface area contributed by atoms with Crippen molar-refractivity contribution in [1.29, 1.82) is 0 Å². The van der Waals surface area contributed by atoms with E-state index in [0.717, 1.165) is 0 Å². The summed E-state index contributed by atoms with van der Waals surface area (Å²) in [5, 5.41) is 0. The average molecular weight is 325 g/mol. The normalized spacial score (nSPS) is 11.3. The molecule has 0 saturated heterocycles. The summed E-state index contributed by atoms with van der Waals surface area (Å²) in [5.41, 5.74) is 1.24. The molecule has 0 aliphatic rings. The van der Waals surface area contributed by atoms with Gasteiger partial charge in [0, 0.05) is 5.56 Å². The van der Waals surface area contributed by atoms with Gasteiger partial charge >= 0.3 is 6.01 Å². The Bertz CT molecular complexity index is 771. The first kappa shape index (κ1) is 16.2. The van der Waals surface area contributed by atoms with Gasteiger partial charge in [0.15, 0.2) is 0 Å². The van der Waals surface area contributed by atoms with Crippen LogP contribution in [0.5, 0.6) is 6.01 Å². The van der Waals surface area contributed by atoms with Gasteiger partial charge in [-0.25, -0.2) is 12.8 Å². The second-order valence-corrected chi connectivity index (χ2v) is 6.43. The summed E-state index contributed by atoms with van der Waals surface area (Å²) in [4.78, 5) is 8.05. The molecule has 0 unspecified atom stereocenters. The number of ether oxygens (including phenoxy) is 1. The Hall–Kier alpha value is -2.22. The molecule has 6 nitrogen and oxygen atoms in total. The molecule has 1 aromatic carbocycles. The van der Waals surface area contributed by atoms with Gasteiger partial charge < -0.3 is 4.74 Å². The van der Waals surface area contributed by atoms with Gasteiger partial charge in [-0.1, -0.05) is 18.2 Å². The van der Waals surface area contributed by atoms with Crippen LogP contribution in [0.3, 0.4) is 0 Å². The molecule has 22 heavy (non-hydrogen) atoms. The van der Waals surface area contributed by atoms with E-state index in [0.29, 0.717) is 11.4 Å². The fourth-order valence-corrected chi connectivity index (χ4v) is 3.26. The predicted molar refractivity (Wildman–Crippen MR) is 80.7 cm³/mol. The number of hydrogen-bond acceptors (Lipinski definition) is 5. The minimum atomic E-state index is -3.79. The Morgan fingerprint density at radius 2 is 1.77 bits per heavy atom. The largest absolute Gasteiger partial charge is 0.467 e. The Balaban J connectivity index is 2.28. The highest BCUT2D eigenvalue weighted by Gasteiger charge is 2.18. The van der Waals surface area contributed by atoms with Gasteiger partial charge in [-0.15, -0.1) is 0 Å². The van der Waals surface area contributed by atoms with Crippen molar-refractivity contribution in [1.82, 2.24) is 9.97 Å². The number of nitrogens with one attached hydrogen (secondary N) is 1. The van der Waals surface area contributed by atoms with Crippen LogP contribution in [-0.4, -0.2) is 25.5 Å². The van der Waals surface area contributed by atoms with Crippen LogP contribution in [-0.2, 0) is 15.8 Å². The fraction of sp³-hybridized carbons (Fsp3) is 0.286. The van der Waals surface area contributed by atoms with Gasteiger partial charge in [-0.3, -0.25) is 4.72 Å². The topological polar surface area (TPSA) is 81.2 Å². The van der Waals surface area contributed by atoms with Crippen LogP contribution < -0.4 is 9.46 Å². The molecule has 0 atom stereocenters. The summed E-state index contributed by atoms with van der Waals surface area (Å²) < 4.78 is 45.3. The van der Waals surface area contributed by atoms with Crippen LogP contribution in [0.25, 0.3) is 0 Å². The molecule has 0 spiro atoms. The molecule has 2 aromatic rings. The van der Waals surface area contributed by atoms with Crippen LogP contribution in [0.4, 0.5) is 10.1 Å². The molecule has 118 valence electrons. The monoisotopic (exact) mass is 325 g/mol. The molecular weight excluding hydrogens is 309 g/mol. The van der Waals surface area contributed by atoms with Crippen LogP contribution in [0.15, 0.2) is 24.3 Å². The lowest BCUT2D eigenvalue weighted by molar-refractivity contribution is 0.378. The molecule has 0 fully saturated rings. The van der Waals surface area contributed by atoms with Gasteiger partial charge in [-0.05, 0) is 19.9 Å². The maximum Gasteiger partial charge on any atom is 0.316 e. The molecule has 8 heteroatoms. The summed E-state index contributed by atoms with van der Waals surface area (Å²) in [5.74, 6) is -1.03. The third-order valence-electron chi connectivity index (χ3n) is 2.99. The number of hydrogen-bond donors (Lipinski definition) is 1. The van der Waals surface area contributed by atoms with Crippen LogP contribution in [0, 0.1) is 19.7 Å². The Morgan fingerprint density at radius 1 is 1.18 bits per heavy atom. The Morgan fingerprint density at radius 3 is 2.32 bits per heavy atom. The standard InChI is InChI=1S/C14H16FN3O3S/c1-9-13(10(2)17-14(16-9)21-3)18-22(19,20)8-11-6-4-5-7-12(11)15/h4-7,18H,8H2,1-3H3. The predicted octanol–water partition coefficient (Wildman–Crippen LogP) is 2.18. The van der Waals surface area contributed by atoms with Gasteiger partial charge in [0.25, 0.3) is 0 Å². The van der Waals surface area contributed by atoms with E-state index in [1.807, 2.05) is 0 Å². The summed E-state index contributed by atoms with van der Waals surface area (Å²) in [6, 6.07) is 5.90. The van der Waals surface area contributed by atoms with Gasteiger partial charge in [-0.2, -0.15) is 9.97 Å². The zero-order valence-electron chi connectivity index (χ0n) is 12.4. The number of rotatable bonds is 5. The number of methoxy groups -OCH3 is 1. The number of nitrogens with zero attached hydrogens (tertiary/aromatic N) is 2. The molecule has 2 rings (SSSR count). The molecule has 0 bridgehead atoms. The van der Waals surface area contributed by atoms with Crippen molar-refractivity contribution >= 4 is 15.7 Å². The maximum absolute atomic E-state index is 13.6. The van der Waals surface area contributed by atoms with E-state index in [1.54, 1.807) is 19.9 Å². The first-order valence-corrected chi connectivity index (χ1v) is 8.11. The average Bonchev–Trinajstić information content (AvgIpc) is 2.45. The van der Waals surface area contributed by atoms with E-state index in [2.05, 4.69) is 14.7 Å². The van der Waals surface area contributed by atoms with E-state index in [1.165, 1.54) is 25.3 Å². The number of sulfonamides is 1. The molecule has 0 amide bonds.